The van der Waals surface area contributed by atoms with Crippen LogP contribution in [0.2, 0.25) is 0 Å². The van der Waals surface area contributed by atoms with E-state index < -0.39 is 24.4 Å². The Morgan fingerprint density at radius 1 is 1.23 bits per heavy atom. The van der Waals surface area contributed by atoms with E-state index in [0.717, 1.165) is 12.1 Å². The van der Waals surface area contributed by atoms with Crippen LogP contribution in [-0.4, -0.2) is 6.67 Å². The lowest BCUT2D eigenvalue weighted by Crippen LogP contribution is -2.12. The second kappa shape index (κ2) is 5.09. The molecule has 0 fully saturated rings. The van der Waals surface area contributed by atoms with Gasteiger partial charge in [-0.3, -0.25) is 0 Å². The van der Waals surface area contributed by atoms with Crippen molar-refractivity contribution in [2.24, 2.45) is 5.73 Å². The first-order valence-electron chi connectivity index (χ1n) is 3.41. The molecule has 0 aliphatic rings. The van der Waals surface area contributed by atoms with E-state index in [0.29, 0.717) is 0 Å². The van der Waals surface area contributed by atoms with Gasteiger partial charge in [-0.2, -0.15) is 0 Å². The molecule has 13 heavy (non-hydrogen) atoms. The third-order valence-electron chi connectivity index (χ3n) is 1.54. The molecule has 1 rings (SSSR count). The second-order valence-electron chi connectivity index (χ2n) is 2.43. The van der Waals surface area contributed by atoms with Gasteiger partial charge in [-0.1, -0.05) is 6.07 Å². The molecule has 0 aliphatic carbocycles. The van der Waals surface area contributed by atoms with Crippen LogP contribution in [0.25, 0.3) is 0 Å². The molecule has 5 heteroatoms. The standard InChI is InChI=1S/C8H8F3N.ClH/c9-4-8(12)5-1-2-6(10)7(11)3-5;/h1-3,8H,4,12H2;1H/t8-;/m1./s1. The Kier molecular flexibility index (Phi) is 4.80. The predicted molar refractivity (Wildman–Crippen MR) is 46.5 cm³/mol. The van der Waals surface area contributed by atoms with Gasteiger partial charge < -0.3 is 5.73 Å². The highest BCUT2D eigenvalue weighted by Crippen LogP contribution is 2.14. The van der Waals surface area contributed by atoms with Gasteiger partial charge >= 0.3 is 0 Å². The fraction of sp³-hybridized carbons (Fsp3) is 0.250. The Morgan fingerprint density at radius 3 is 2.31 bits per heavy atom. The van der Waals surface area contributed by atoms with Gasteiger partial charge in [0.05, 0.1) is 6.04 Å². The van der Waals surface area contributed by atoms with Crippen molar-refractivity contribution < 1.29 is 13.2 Å². The number of rotatable bonds is 2. The van der Waals surface area contributed by atoms with Gasteiger partial charge in [0, 0.05) is 0 Å². The zero-order valence-corrected chi connectivity index (χ0v) is 7.45. The Morgan fingerprint density at radius 2 is 1.85 bits per heavy atom. The molecule has 2 N–H and O–H groups in total. The molecular weight excluding hydrogens is 203 g/mol. The van der Waals surface area contributed by atoms with Crippen LogP contribution in [0.3, 0.4) is 0 Å². The minimum atomic E-state index is -1.00. The zero-order chi connectivity index (χ0) is 9.14. The van der Waals surface area contributed by atoms with Crippen LogP contribution in [0, 0.1) is 11.6 Å². The van der Waals surface area contributed by atoms with Crippen LogP contribution >= 0.6 is 12.4 Å². The minimum absolute atomic E-state index is 0. The molecular formula is C8H9ClF3N. The molecule has 0 heterocycles. The van der Waals surface area contributed by atoms with E-state index in [1.54, 1.807) is 0 Å². The summed E-state index contributed by atoms with van der Waals surface area (Å²) in [6.07, 6.45) is 0. The second-order valence-corrected chi connectivity index (χ2v) is 2.43. The predicted octanol–water partition coefficient (Wildman–Crippen LogP) is 2.36. The van der Waals surface area contributed by atoms with Crippen molar-refractivity contribution in [1.82, 2.24) is 0 Å². The summed E-state index contributed by atoms with van der Waals surface area (Å²) >= 11 is 0. The molecule has 0 unspecified atom stereocenters. The first-order valence-corrected chi connectivity index (χ1v) is 3.41. The summed E-state index contributed by atoms with van der Waals surface area (Å²) in [5.41, 5.74) is 5.51. The summed E-state index contributed by atoms with van der Waals surface area (Å²) in [6, 6.07) is 2.22. The summed E-state index contributed by atoms with van der Waals surface area (Å²) in [7, 11) is 0. The van der Waals surface area contributed by atoms with Crippen LogP contribution < -0.4 is 5.73 Å². The quantitative estimate of drug-likeness (QED) is 0.799. The van der Waals surface area contributed by atoms with Crippen LogP contribution in [0.15, 0.2) is 18.2 Å². The summed E-state index contributed by atoms with van der Waals surface area (Å²) in [6.45, 7) is -0.787. The van der Waals surface area contributed by atoms with Crippen molar-refractivity contribution >= 4 is 12.4 Å². The maximum absolute atomic E-state index is 12.5. The third-order valence-corrected chi connectivity index (χ3v) is 1.54. The first-order chi connectivity index (χ1) is 5.65. The zero-order valence-electron chi connectivity index (χ0n) is 6.64. The number of halogens is 4. The number of benzene rings is 1. The molecule has 0 saturated heterocycles. The average molecular weight is 212 g/mol. The Bertz CT molecular complexity index is 280. The monoisotopic (exact) mass is 211 g/mol. The van der Waals surface area contributed by atoms with Crippen molar-refractivity contribution in [1.29, 1.82) is 0 Å². The van der Waals surface area contributed by atoms with Crippen LogP contribution in [0.5, 0.6) is 0 Å². The van der Waals surface area contributed by atoms with Crippen molar-refractivity contribution in [3.63, 3.8) is 0 Å². The van der Waals surface area contributed by atoms with Crippen molar-refractivity contribution in [3.8, 4) is 0 Å². The molecule has 74 valence electrons. The minimum Gasteiger partial charge on any atom is -0.322 e. The van der Waals surface area contributed by atoms with Crippen LogP contribution in [-0.2, 0) is 0 Å². The number of alkyl halides is 1. The van der Waals surface area contributed by atoms with Gasteiger partial charge in [0.1, 0.15) is 6.67 Å². The SMILES string of the molecule is Cl.N[C@H](CF)c1ccc(F)c(F)c1. The van der Waals surface area contributed by atoms with Gasteiger partial charge in [-0.15, -0.1) is 12.4 Å². The first kappa shape index (κ1) is 12.3. The lowest BCUT2D eigenvalue weighted by Gasteiger charge is -2.06. The van der Waals surface area contributed by atoms with Gasteiger partial charge in [0.2, 0.25) is 0 Å². The van der Waals surface area contributed by atoms with E-state index in [1.807, 2.05) is 0 Å². The summed E-state index contributed by atoms with van der Waals surface area (Å²) in [5.74, 6) is -1.96. The molecule has 1 nitrogen and oxygen atoms in total. The van der Waals surface area contributed by atoms with Crippen molar-refractivity contribution in [3.05, 3.63) is 35.4 Å². The molecule has 1 aromatic rings. The Labute approximate surface area is 80.2 Å². The normalized spacial score (nSPS) is 12.0. The lowest BCUT2D eigenvalue weighted by atomic mass is 10.1. The molecule has 0 radical (unpaired) electrons. The maximum Gasteiger partial charge on any atom is 0.159 e. The van der Waals surface area contributed by atoms with E-state index >= 15 is 0 Å². The van der Waals surface area contributed by atoms with Gasteiger partial charge in [-0.25, -0.2) is 13.2 Å². The Hall–Kier alpha value is -0.740. The smallest absolute Gasteiger partial charge is 0.159 e. The van der Waals surface area contributed by atoms with Gasteiger partial charge in [0.15, 0.2) is 11.6 Å². The molecule has 1 atom stereocenters. The van der Waals surface area contributed by atoms with E-state index in [9.17, 15) is 13.2 Å². The molecule has 0 aromatic heterocycles. The van der Waals surface area contributed by atoms with Gasteiger partial charge in [-0.05, 0) is 17.7 Å². The molecule has 0 spiro atoms. The number of nitrogens with two attached hydrogens (primary N) is 1. The lowest BCUT2D eigenvalue weighted by molar-refractivity contribution is 0.434. The van der Waals surface area contributed by atoms with Crippen LogP contribution in [0.4, 0.5) is 13.2 Å². The van der Waals surface area contributed by atoms with Crippen molar-refractivity contribution in [2.75, 3.05) is 6.67 Å². The van der Waals surface area contributed by atoms with E-state index in [2.05, 4.69) is 0 Å². The summed E-state index contributed by atoms with van der Waals surface area (Å²) in [4.78, 5) is 0. The molecule has 0 amide bonds. The van der Waals surface area contributed by atoms with E-state index in [1.165, 1.54) is 6.07 Å². The molecule has 0 aliphatic heterocycles. The molecule has 0 bridgehead atoms. The average Bonchev–Trinajstić information content (AvgIpc) is 2.08. The highest BCUT2D eigenvalue weighted by Gasteiger charge is 2.08. The van der Waals surface area contributed by atoms with Crippen LogP contribution in [0.1, 0.15) is 11.6 Å². The number of hydrogen-bond donors (Lipinski definition) is 1. The van der Waals surface area contributed by atoms with Gasteiger partial charge in [0.25, 0.3) is 0 Å². The van der Waals surface area contributed by atoms with Crippen molar-refractivity contribution in [2.45, 2.75) is 6.04 Å². The van der Waals surface area contributed by atoms with E-state index in [4.69, 9.17) is 5.73 Å². The Balaban J connectivity index is 0.00000144. The molecule has 0 saturated carbocycles. The molecule has 1 aromatic carbocycles. The fourth-order valence-electron chi connectivity index (χ4n) is 0.832. The highest BCUT2D eigenvalue weighted by molar-refractivity contribution is 5.85. The summed E-state index contributed by atoms with van der Waals surface area (Å²) < 4.78 is 36.8. The summed E-state index contributed by atoms with van der Waals surface area (Å²) in [5, 5.41) is 0. The third kappa shape index (κ3) is 2.90. The maximum atomic E-state index is 12.5. The topological polar surface area (TPSA) is 26.0 Å². The highest BCUT2D eigenvalue weighted by atomic mass is 35.5. The largest absolute Gasteiger partial charge is 0.322 e. The van der Waals surface area contributed by atoms with E-state index in [-0.39, 0.29) is 18.0 Å². The number of hydrogen-bond acceptors (Lipinski definition) is 1. The fourth-order valence-corrected chi connectivity index (χ4v) is 0.832.